The van der Waals surface area contributed by atoms with Crippen LogP contribution in [-0.4, -0.2) is 51.2 Å². The van der Waals surface area contributed by atoms with Crippen LogP contribution in [0.15, 0.2) is 17.0 Å². The van der Waals surface area contributed by atoms with Gasteiger partial charge in [0.05, 0.1) is 19.0 Å². The first-order chi connectivity index (χ1) is 10.3. The SMILES string of the molecule is CCN1CCOC(c2noc([C@H](N)Cc3cnc[nH]3)n2)C1. The van der Waals surface area contributed by atoms with E-state index in [1.54, 1.807) is 12.5 Å². The van der Waals surface area contributed by atoms with Crippen LogP contribution in [0.1, 0.15) is 36.5 Å². The number of rotatable bonds is 5. The number of likely N-dealkylation sites (N-methyl/N-ethyl adjacent to an activating group) is 1. The summed E-state index contributed by atoms with van der Waals surface area (Å²) in [7, 11) is 0. The maximum atomic E-state index is 6.09. The normalized spacial score (nSPS) is 21.5. The highest BCUT2D eigenvalue weighted by atomic mass is 16.5. The number of nitrogens with zero attached hydrogens (tertiary/aromatic N) is 4. The van der Waals surface area contributed by atoms with Gasteiger partial charge in [0.25, 0.3) is 0 Å². The van der Waals surface area contributed by atoms with E-state index in [-0.39, 0.29) is 12.1 Å². The third kappa shape index (κ3) is 3.29. The highest BCUT2D eigenvalue weighted by Gasteiger charge is 2.26. The predicted molar refractivity (Wildman–Crippen MR) is 74.3 cm³/mol. The van der Waals surface area contributed by atoms with Gasteiger partial charge in [-0.2, -0.15) is 4.98 Å². The molecule has 0 aromatic carbocycles. The quantitative estimate of drug-likeness (QED) is 0.823. The average Bonchev–Trinajstić information content (AvgIpc) is 3.18. The maximum absolute atomic E-state index is 6.09. The maximum Gasteiger partial charge on any atom is 0.244 e. The van der Waals surface area contributed by atoms with Gasteiger partial charge in [-0.3, -0.25) is 4.90 Å². The summed E-state index contributed by atoms with van der Waals surface area (Å²) in [4.78, 5) is 13.7. The predicted octanol–water partition coefficient (Wildman–Crippen LogP) is 0.428. The van der Waals surface area contributed by atoms with Gasteiger partial charge in [0.1, 0.15) is 6.10 Å². The summed E-state index contributed by atoms with van der Waals surface area (Å²) >= 11 is 0. The van der Waals surface area contributed by atoms with E-state index in [0.717, 1.165) is 25.3 Å². The molecule has 1 aliphatic rings. The van der Waals surface area contributed by atoms with E-state index < -0.39 is 0 Å². The molecule has 3 heterocycles. The molecular formula is C13H20N6O2. The van der Waals surface area contributed by atoms with Crippen molar-refractivity contribution in [3.8, 4) is 0 Å². The summed E-state index contributed by atoms with van der Waals surface area (Å²) in [6, 6.07) is -0.349. The lowest BCUT2D eigenvalue weighted by atomic mass is 10.2. The fourth-order valence-corrected chi connectivity index (χ4v) is 2.40. The summed E-state index contributed by atoms with van der Waals surface area (Å²) in [5.41, 5.74) is 7.03. The van der Waals surface area contributed by atoms with E-state index in [9.17, 15) is 0 Å². The van der Waals surface area contributed by atoms with Gasteiger partial charge in [0, 0.05) is 31.4 Å². The van der Waals surface area contributed by atoms with Gasteiger partial charge < -0.3 is 20.0 Å². The van der Waals surface area contributed by atoms with Crippen LogP contribution in [0.5, 0.6) is 0 Å². The van der Waals surface area contributed by atoms with E-state index in [2.05, 4.69) is 31.9 Å². The first kappa shape index (κ1) is 14.2. The monoisotopic (exact) mass is 292 g/mol. The van der Waals surface area contributed by atoms with E-state index in [1.807, 2.05) is 0 Å². The molecule has 0 aliphatic carbocycles. The Morgan fingerprint density at radius 3 is 3.24 bits per heavy atom. The first-order valence-corrected chi connectivity index (χ1v) is 7.16. The smallest absolute Gasteiger partial charge is 0.244 e. The summed E-state index contributed by atoms with van der Waals surface area (Å²) < 4.78 is 11.0. The van der Waals surface area contributed by atoms with Crippen LogP contribution in [-0.2, 0) is 11.2 Å². The Balaban J connectivity index is 1.65. The zero-order chi connectivity index (χ0) is 14.7. The number of aromatic nitrogens is 4. The van der Waals surface area contributed by atoms with E-state index in [1.165, 1.54) is 0 Å². The summed E-state index contributed by atoms with van der Waals surface area (Å²) in [6.07, 6.45) is 3.79. The lowest BCUT2D eigenvalue weighted by molar-refractivity contribution is -0.0334. The molecule has 1 aliphatic heterocycles. The standard InChI is InChI=1S/C13H20N6O2/c1-2-19-3-4-20-11(7-19)12-17-13(21-18-12)10(14)5-9-6-15-8-16-9/h6,8,10-11H,2-5,7,14H2,1H3,(H,15,16)/t10-,11?/m1/s1. The van der Waals surface area contributed by atoms with Crippen molar-refractivity contribution in [1.29, 1.82) is 0 Å². The Morgan fingerprint density at radius 2 is 2.48 bits per heavy atom. The molecule has 0 spiro atoms. The van der Waals surface area contributed by atoms with Crippen molar-refractivity contribution in [2.75, 3.05) is 26.2 Å². The van der Waals surface area contributed by atoms with Crippen molar-refractivity contribution in [3.05, 3.63) is 29.9 Å². The Hall–Kier alpha value is -1.77. The molecule has 8 nitrogen and oxygen atoms in total. The van der Waals surface area contributed by atoms with Crippen LogP contribution in [0.4, 0.5) is 0 Å². The molecule has 3 N–H and O–H groups in total. The minimum atomic E-state index is -0.349. The van der Waals surface area contributed by atoms with Crippen LogP contribution in [0, 0.1) is 0 Å². The lowest BCUT2D eigenvalue weighted by Crippen LogP contribution is -2.38. The number of hydrogen-bond acceptors (Lipinski definition) is 7. The number of ether oxygens (including phenoxy) is 1. The van der Waals surface area contributed by atoms with Crippen LogP contribution >= 0.6 is 0 Å². The number of nitrogens with two attached hydrogens (primary N) is 1. The molecule has 1 unspecified atom stereocenters. The second-order valence-corrected chi connectivity index (χ2v) is 5.13. The molecule has 1 fully saturated rings. The Bertz CT molecular complexity index is 555. The third-order valence-corrected chi connectivity index (χ3v) is 3.66. The van der Waals surface area contributed by atoms with Gasteiger partial charge in [-0.1, -0.05) is 12.1 Å². The van der Waals surface area contributed by atoms with Crippen molar-refractivity contribution in [2.45, 2.75) is 25.5 Å². The van der Waals surface area contributed by atoms with Gasteiger partial charge in [0.2, 0.25) is 11.7 Å². The second-order valence-electron chi connectivity index (χ2n) is 5.13. The summed E-state index contributed by atoms with van der Waals surface area (Å²) in [5, 5.41) is 4.02. The number of nitrogens with one attached hydrogen (secondary N) is 1. The molecule has 3 rings (SSSR count). The van der Waals surface area contributed by atoms with E-state index >= 15 is 0 Å². The summed E-state index contributed by atoms with van der Waals surface area (Å²) in [6.45, 7) is 5.53. The molecule has 21 heavy (non-hydrogen) atoms. The van der Waals surface area contributed by atoms with Crippen molar-refractivity contribution >= 4 is 0 Å². The third-order valence-electron chi connectivity index (χ3n) is 3.66. The highest BCUT2D eigenvalue weighted by Crippen LogP contribution is 2.21. The molecule has 2 aromatic rings. The molecule has 2 atom stereocenters. The highest BCUT2D eigenvalue weighted by molar-refractivity contribution is 5.03. The topological polar surface area (TPSA) is 106 Å². The van der Waals surface area contributed by atoms with Crippen molar-refractivity contribution in [1.82, 2.24) is 25.0 Å². The molecule has 0 saturated carbocycles. The Kier molecular flexibility index (Phi) is 4.28. The van der Waals surface area contributed by atoms with Crippen LogP contribution in [0.3, 0.4) is 0 Å². The fraction of sp³-hybridized carbons (Fsp3) is 0.615. The largest absolute Gasteiger partial charge is 0.367 e. The van der Waals surface area contributed by atoms with Crippen LogP contribution < -0.4 is 5.73 Å². The molecule has 0 radical (unpaired) electrons. The van der Waals surface area contributed by atoms with Gasteiger partial charge in [-0.15, -0.1) is 0 Å². The van der Waals surface area contributed by atoms with Crippen molar-refractivity contribution in [2.24, 2.45) is 5.73 Å². The zero-order valence-corrected chi connectivity index (χ0v) is 12.0. The molecule has 1 saturated heterocycles. The molecule has 0 bridgehead atoms. The first-order valence-electron chi connectivity index (χ1n) is 7.16. The Labute approximate surface area is 122 Å². The summed E-state index contributed by atoms with van der Waals surface area (Å²) in [5.74, 6) is 1.00. The van der Waals surface area contributed by atoms with Gasteiger partial charge in [0.15, 0.2) is 0 Å². The van der Waals surface area contributed by atoms with Crippen LogP contribution in [0.25, 0.3) is 0 Å². The minimum absolute atomic E-state index is 0.143. The molecule has 8 heteroatoms. The zero-order valence-electron chi connectivity index (χ0n) is 12.0. The number of aromatic amines is 1. The van der Waals surface area contributed by atoms with Gasteiger partial charge in [-0.25, -0.2) is 4.98 Å². The molecule has 2 aromatic heterocycles. The minimum Gasteiger partial charge on any atom is -0.367 e. The van der Waals surface area contributed by atoms with Crippen LogP contribution in [0.2, 0.25) is 0 Å². The lowest BCUT2D eigenvalue weighted by Gasteiger charge is -2.30. The average molecular weight is 292 g/mol. The van der Waals surface area contributed by atoms with Gasteiger partial charge in [-0.05, 0) is 6.54 Å². The van der Waals surface area contributed by atoms with E-state index in [0.29, 0.717) is 24.7 Å². The van der Waals surface area contributed by atoms with E-state index in [4.69, 9.17) is 15.0 Å². The second kappa shape index (κ2) is 6.33. The molecular weight excluding hydrogens is 272 g/mol. The molecule has 114 valence electrons. The van der Waals surface area contributed by atoms with Crippen molar-refractivity contribution < 1.29 is 9.26 Å². The number of H-pyrrole nitrogens is 1. The Morgan fingerprint density at radius 1 is 1.57 bits per heavy atom. The number of morpholine rings is 1. The fourth-order valence-electron chi connectivity index (χ4n) is 2.40. The number of hydrogen-bond donors (Lipinski definition) is 2. The molecule has 0 amide bonds. The van der Waals surface area contributed by atoms with Crippen molar-refractivity contribution in [3.63, 3.8) is 0 Å². The number of imidazole rings is 1. The van der Waals surface area contributed by atoms with Gasteiger partial charge >= 0.3 is 0 Å².